The number of furan rings is 1. The molecule has 1 aliphatic heterocycles. The lowest BCUT2D eigenvalue weighted by Gasteiger charge is -2.21. The molecule has 0 radical (unpaired) electrons. The number of anilines is 1. The highest BCUT2D eigenvalue weighted by molar-refractivity contribution is 6.02. The van der Waals surface area contributed by atoms with Crippen molar-refractivity contribution < 1.29 is 23.5 Å². The van der Waals surface area contributed by atoms with Gasteiger partial charge in [-0.3, -0.25) is 9.59 Å². The number of carbonyl (C=O) groups excluding carboxylic acids is 2. The van der Waals surface area contributed by atoms with Crippen molar-refractivity contribution in [1.82, 2.24) is 4.90 Å². The fourth-order valence-corrected chi connectivity index (χ4v) is 3.07. The Morgan fingerprint density at radius 3 is 2.55 bits per heavy atom. The highest BCUT2D eigenvalue weighted by Gasteiger charge is 2.18. The summed E-state index contributed by atoms with van der Waals surface area (Å²) >= 11 is 0. The van der Waals surface area contributed by atoms with Crippen molar-refractivity contribution in [3.8, 4) is 11.5 Å². The van der Waals surface area contributed by atoms with Crippen molar-refractivity contribution in [2.24, 2.45) is 0 Å². The Labute approximate surface area is 167 Å². The number of ether oxygens (including phenoxy) is 2. The lowest BCUT2D eigenvalue weighted by atomic mass is 10.1. The Kier molecular flexibility index (Phi) is 5.20. The molecule has 0 aliphatic carbocycles. The zero-order valence-electron chi connectivity index (χ0n) is 15.9. The zero-order valence-corrected chi connectivity index (χ0v) is 15.9. The first kappa shape index (κ1) is 18.6. The number of benzene rings is 2. The summed E-state index contributed by atoms with van der Waals surface area (Å²) in [6, 6.07) is 15.7. The maximum absolute atomic E-state index is 12.9. The lowest BCUT2D eigenvalue weighted by molar-refractivity contribution is 0.0752. The van der Waals surface area contributed by atoms with E-state index < -0.39 is 0 Å². The Balaban J connectivity index is 1.42. The highest BCUT2D eigenvalue weighted by atomic mass is 16.7. The molecule has 7 heteroatoms. The molecule has 2 aromatic carbocycles. The standard InChI is InChI=1S/C22H20N2O5/c1-2-24(13-15-5-10-18-20(12-15)29-14-28-18)22(26)16-6-8-17(9-7-16)23-21(25)19-4-3-11-27-19/h3-12H,2,13-14H2,1H3,(H,23,25). The molecule has 0 saturated carbocycles. The minimum absolute atomic E-state index is 0.0888. The van der Waals surface area contributed by atoms with Gasteiger partial charge >= 0.3 is 0 Å². The van der Waals surface area contributed by atoms with E-state index in [-0.39, 0.29) is 24.4 Å². The van der Waals surface area contributed by atoms with E-state index >= 15 is 0 Å². The van der Waals surface area contributed by atoms with Gasteiger partial charge in [-0.05, 0) is 61.0 Å². The van der Waals surface area contributed by atoms with Gasteiger partial charge in [-0.1, -0.05) is 6.07 Å². The molecule has 1 aliphatic rings. The molecule has 2 amide bonds. The normalized spacial score (nSPS) is 11.9. The van der Waals surface area contributed by atoms with Crippen LogP contribution in [0, 0.1) is 0 Å². The predicted octanol–water partition coefficient (Wildman–Crippen LogP) is 3.92. The summed E-state index contributed by atoms with van der Waals surface area (Å²) in [5.74, 6) is 1.21. The number of rotatable bonds is 6. The molecular formula is C22H20N2O5. The number of hydrogen-bond donors (Lipinski definition) is 1. The van der Waals surface area contributed by atoms with Crippen LogP contribution in [0.3, 0.4) is 0 Å². The summed E-state index contributed by atoms with van der Waals surface area (Å²) < 4.78 is 15.8. The molecule has 0 bridgehead atoms. The lowest BCUT2D eigenvalue weighted by Crippen LogP contribution is -2.30. The average Bonchev–Trinajstić information content (AvgIpc) is 3.43. The number of hydrogen-bond acceptors (Lipinski definition) is 5. The van der Waals surface area contributed by atoms with Crippen LogP contribution in [0.15, 0.2) is 65.3 Å². The van der Waals surface area contributed by atoms with E-state index in [1.165, 1.54) is 6.26 Å². The van der Waals surface area contributed by atoms with Crippen LogP contribution in [0.25, 0.3) is 0 Å². The van der Waals surface area contributed by atoms with E-state index in [1.54, 1.807) is 41.3 Å². The van der Waals surface area contributed by atoms with Gasteiger partial charge in [-0.2, -0.15) is 0 Å². The number of nitrogens with zero attached hydrogens (tertiary/aromatic N) is 1. The van der Waals surface area contributed by atoms with Crippen LogP contribution in [0.2, 0.25) is 0 Å². The molecule has 148 valence electrons. The Morgan fingerprint density at radius 1 is 1.03 bits per heavy atom. The van der Waals surface area contributed by atoms with E-state index in [9.17, 15) is 9.59 Å². The molecule has 4 rings (SSSR count). The molecule has 0 spiro atoms. The van der Waals surface area contributed by atoms with Crippen molar-refractivity contribution in [3.63, 3.8) is 0 Å². The third-order valence-corrected chi connectivity index (χ3v) is 4.61. The largest absolute Gasteiger partial charge is 0.459 e. The molecule has 0 fully saturated rings. The summed E-state index contributed by atoms with van der Waals surface area (Å²) in [7, 11) is 0. The number of nitrogens with one attached hydrogen (secondary N) is 1. The van der Waals surface area contributed by atoms with Crippen LogP contribution in [-0.4, -0.2) is 30.1 Å². The van der Waals surface area contributed by atoms with Crippen LogP contribution >= 0.6 is 0 Å². The highest BCUT2D eigenvalue weighted by Crippen LogP contribution is 2.32. The fourth-order valence-electron chi connectivity index (χ4n) is 3.07. The first-order valence-corrected chi connectivity index (χ1v) is 9.27. The second kappa shape index (κ2) is 8.10. The van der Waals surface area contributed by atoms with E-state index in [1.807, 2.05) is 25.1 Å². The first-order valence-electron chi connectivity index (χ1n) is 9.27. The summed E-state index contributed by atoms with van der Waals surface area (Å²) in [4.78, 5) is 26.7. The molecule has 7 nitrogen and oxygen atoms in total. The average molecular weight is 392 g/mol. The van der Waals surface area contributed by atoms with Crippen molar-refractivity contribution in [2.45, 2.75) is 13.5 Å². The molecule has 3 aromatic rings. The van der Waals surface area contributed by atoms with Gasteiger partial charge in [0.05, 0.1) is 6.26 Å². The minimum Gasteiger partial charge on any atom is -0.459 e. The van der Waals surface area contributed by atoms with Gasteiger partial charge in [0.15, 0.2) is 17.3 Å². The maximum Gasteiger partial charge on any atom is 0.291 e. The van der Waals surface area contributed by atoms with Crippen LogP contribution in [0.5, 0.6) is 11.5 Å². The number of amides is 2. The van der Waals surface area contributed by atoms with Crippen LogP contribution in [-0.2, 0) is 6.54 Å². The third-order valence-electron chi connectivity index (χ3n) is 4.61. The van der Waals surface area contributed by atoms with Crippen molar-refractivity contribution >= 4 is 17.5 Å². The van der Waals surface area contributed by atoms with E-state index in [0.717, 1.165) is 11.3 Å². The van der Waals surface area contributed by atoms with Gasteiger partial charge in [0.25, 0.3) is 11.8 Å². The Morgan fingerprint density at radius 2 is 1.83 bits per heavy atom. The maximum atomic E-state index is 12.9. The van der Waals surface area contributed by atoms with Crippen LogP contribution < -0.4 is 14.8 Å². The van der Waals surface area contributed by atoms with Crippen LogP contribution in [0.4, 0.5) is 5.69 Å². The van der Waals surface area contributed by atoms with E-state index in [0.29, 0.717) is 30.1 Å². The van der Waals surface area contributed by atoms with Gasteiger partial charge in [0, 0.05) is 24.3 Å². The minimum atomic E-state index is -0.341. The predicted molar refractivity (Wildman–Crippen MR) is 106 cm³/mol. The molecule has 1 aromatic heterocycles. The summed E-state index contributed by atoms with van der Waals surface area (Å²) in [5.41, 5.74) is 2.09. The summed E-state index contributed by atoms with van der Waals surface area (Å²) in [6.07, 6.45) is 1.44. The first-order chi connectivity index (χ1) is 14.1. The van der Waals surface area contributed by atoms with Gasteiger partial charge in [-0.15, -0.1) is 0 Å². The Bertz CT molecular complexity index is 1010. The quantitative estimate of drug-likeness (QED) is 0.688. The fraction of sp³-hybridized carbons (Fsp3) is 0.182. The van der Waals surface area contributed by atoms with Gasteiger partial charge in [-0.25, -0.2) is 0 Å². The molecule has 0 saturated heterocycles. The van der Waals surface area contributed by atoms with E-state index in [4.69, 9.17) is 13.9 Å². The summed E-state index contributed by atoms with van der Waals surface area (Å²) in [5, 5.41) is 2.73. The van der Waals surface area contributed by atoms with Gasteiger partial charge < -0.3 is 24.1 Å². The van der Waals surface area contributed by atoms with Gasteiger partial charge in [0.2, 0.25) is 6.79 Å². The molecule has 2 heterocycles. The molecule has 29 heavy (non-hydrogen) atoms. The monoisotopic (exact) mass is 392 g/mol. The number of fused-ring (bicyclic) bond motifs is 1. The molecule has 0 unspecified atom stereocenters. The second-order valence-electron chi connectivity index (χ2n) is 6.52. The smallest absolute Gasteiger partial charge is 0.291 e. The molecule has 1 N–H and O–H groups in total. The van der Waals surface area contributed by atoms with Crippen molar-refractivity contribution in [3.05, 3.63) is 77.7 Å². The topological polar surface area (TPSA) is 81.0 Å². The van der Waals surface area contributed by atoms with Crippen molar-refractivity contribution in [1.29, 1.82) is 0 Å². The molecule has 0 atom stereocenters. The van der Waals surface area contributed by atoms with E-state index in [2.05, 4.69) is 5.32 Å². The third kappa shape index (κ3) is 4.08. The SMILES string of the molecule is CCN(Cc1ccc2c(c1)OCO2)C(=O)c1ccc(NC(=O)c2ccco2)cc1. The second-order valence-corrected chi connectivity index (χ2v) is 6.52. The van der Waals surface area contributed by atoms with Gasteiger partial charge in [0.1, 0.15) is 0 Å². The van der Waals surface area contributed by atoms with Crippen molar-refractivity contribution in [2.75, 3.05) is 18.7 Å². The number of carbonyl (C=O) groups is 2. The Hall–Kier alpha value is -3.74. The van der Waals surface area contributed by atoms with Crippen LogP contribution in [0.1, 0.15) is 33.4 Å². The molecular weight excluding hydrogens is 372 g/mol. The summed E-state index contributed by atoms with van der Waals surface area (Å²) in [6.45, 7) is 3.17. The zero-order chi connectivity index (χ0) is 20.2.